The summed E-state index contributed by atoms with van der Waals surface area (Å²) in [6, 6.07) is 1.74. The molecule has 16 heavy (non-hydrogen) atoms. The Morgan fingerprint density at radius 2 is 2.06 bits per heavy atom. The molecule has 0 bridgehead atoms. The molecule has 4 heteroatoms. The van der Waals surface area contributed by atoms with Gasteiger partial charge < -0.3 is 9.73 Å². The number of alkyl halides is 1. The Morgan fingerprint density at radius 1 is 1.50 bits per heavy atom. The van der Waals surface area contributed by atoms with Gasteiger partial charge in [-0.1, -0.05) is 0 Å². The van der Waals surface area contributed by atoms with Crippen LogP contribution in [-0.4, -0.2) is 16.8 Å². The van der Waals surface area contributed by atoms with Crippen LogP contribution in [0.15, 0.2) is 10.5 Å². The first-order valence-electron chi connectivity index (χ1n) is 5.27. The first-order valence-corrected chi connectivity index (χ1v) is 5.71. The summed E-state index contributed by atoms with van der Waals surface area (Å²) in [5.41, 5.74) is 0.124. The van der Waals surface area contributed by atoms with Crippen LogP contribution in [-0.2, 0) is 0 Å². The Balaban J connectivity index is 2.85. The van der Waals surface area contributed by atoms with Crippen LogP contribution in [0.2, 0.25) is 0 Å². The molecule has 0 spiro atoms. The van der Waals surface area contributed by atoms with E-state index in [-0.39, 0.29) is 11.3 Å². The molecule has 0 aliphatic heterocycles. The minimum atomic E-state index is -0.448. The Bertz CT molecular complexity index is 394. The fraction of sp³-hybridized carbons (Fsp3) is 0.583. The molecule has 90 valence electrons. The Hall–Kier alpha value is -0.960. The van der Waals surface area contributed by atoms with Gasteiger partial charge in [-0.2, -0.15) is 0 Å². The van der Waals surface area contributed by atoms with Crippen LogP contribution < -0.4 is 5.32 Å². The number of amides is 1. The second kappa shape index (κ2) is 4.50. The first kappa shape index (κ1) is 13.1. The fourth-order valence-corrected chi connectivity index (χ4v) is 1.37. The summed E-state index contributed by atoms with van der Waals surface area (Å²) in [6.45, 7) is 9.24. The molecule has 0 saturated carbocycles. The molecule has 1 atom stereocenters. The van der Waals surface area contributed by atoms with E-state index in [4.69, 9.17) is 16.0 Å². The molecule has 0 saturated heterocycles. The standard InChI is InChI=1S/C12H18ClNO2/c1-7-6-10(8(2)16-7)11(15)14-12(4,5)9(3)13/h6,9H,1-5H3,(H,14,15). The number of furan rings is 1. The lowest BCUT2D eigenvalue weighted by molar-refractivity contribution is 0.0911. The zero-order valence-electron chi connectivity index (χ0n) is 10.3. The van der Waals surface area contributed by atoms with E-state index in [1.54, 1.807) is 13.0 Å². The molecule has 0 fully saturated rings. The van der Waals surface area contributed by atoms with Crippen molar-refractivity contribution >= 4 is 17.5 Å². The number of nitrogens with one attached hydrogen (secondary N) is 1. The molecular formula is C12H18ClNO2. The van der Waals surface area contributed by atoms with Crippen LogP contribution in [0.25, 0.3) is 0 Å². The van der Waals surface area contributed by atoms with Crippen molar-refractivity contribution in [2.75, 3.05) is 0 Å². The lowest BCUT2D eigenvalue weighted by atomic mass is 10.0. The van der Waals surface area contributed by atoms with Gasteiger partial charge in [0.2, 0.25) is 0 Å². The van der Waals surface area contributed by atoms with Crippen LogP contribution in [0.5, 0.6) is 0 Å². The van der Waals surface area contributed by atoms with Crippen molar-refractivity contribution in [3.63, 3.8) is 0 Å². The molecule has 1 aromatic rings. The van der Waals surface area contributed by atoms with Crippen LogP contribution in [0.3, 0.4) is 0 Å². The largest absolute Gasteiger partial charge is 0.466 e. The normalized spacial score (nSPS) is 13.6. The van der Waals surface area contributed by atoms with Gasteiger partial charge in [0.15, 0.2) is 0 Å². The summed E-state index contributed by atoms with van der Waals surface area (Å²) in [7, 11) is 0. The zero-order chi connectivity index (χ0) is 12.5. The van der Waals surface area contributed by atoms with Gasteiger partial charge in [-0.05, 0) is 40.7 Å². The van der Waals surface area contributed by atoms with Gasteiger partial charge >= 0.3 is 0 Å². The molecule has 0 aliphatic carbocycles. The maximum Gasteiger partial charge on any atom is 0.255 e. The Morgan fingerprint density at radius 3 is 2.44 bits per heavy atom. The molecule has 0 aromatic carbocycles. The SMILES string of the molecule is Cc1cc(C(=O)NC(C)(C)C(C)Cl)c(C)o1. The average Bonchev–Trinajstić information content (AvgIpc) is 2.44. The molecule has 1 N–H and O–H groups in total. The third-order valence-corrected chi connectivity index (χ3v) is 3.26. The zero-order valence-corrected chi connectivity index (χ0v) is 11.1. The molecule has 1 amide bonds. The fourth-order valence-electron chi connectivity index (χ4n) is 1.32. The highest BCUT2D eigenvalue weighted by atomic mass is 35.5. The van der Waals surface area contributed by atoms with E-state index in [9.17, 15) is 4.79 Å². The van der Waals surface area contributed by atoms with Crippen LogP contribution >= 0.6 is 11.6 Å². The van der Waals surface area contributed by atoms with E-state index in [2.05, 4.69) is 5.32 Å². The van der Waals surface area contributed by atoms with Crippen LogP contribution in [0.1, 0.15) is 42.6 Å². The van der Waals surface area contributed by atoms with E-state index >= 15 is 0 Å². The predicted octanol–water partition coefficient (Wildman–Crippen LogP) is 3.03. The van der Waals surface area contributed by atoms with Crippen molar-refractivity contribution in [3.05, 3.63) is 23.2 Å². The highest BCUT2D eigenvalue weighted by Gasteiger charge is 2.27. The van der Waals surface area contributed by atoms with Gasteiger partial charge in [0, 0.05) is 0 Å². The predicted molar refractivity (Wildman–Crippen MR) is 65.0 cm³/mol. The van der Waals surface area contributed by atoms with Crippen molar-refractivity contribution in [1.82, 2.24) is 5.32 Å². The molecule has 1 rings (SSSR count). The van der Waals surface area contributed by atoms with E-state index < -0.39 is 5.54 Å². The van der Waals surface area contributed by atoms with Gasteiger partial charge in [0.05, 0.1) is 16.5 Å². The monoisotopic (exact) mass is 243 g/mol. The third kappa shape index (κ3) is 2.79. The Labute approximate surface area is 101 Å². The van der Waals surface area contributed by atoms with E-state index in [0.717, 1.165) is 5.76 Å². The van der Waals surface area contributed by atoms with Gasteiger partial charge in [0.1, 0.15) is 11.5 Å². The summed E-state index contributed by atoms with van der Waals surface area (Å²) in [5.74, 6) is 1.22. The first-order chi connectivity index (χ1) is 7.24. The van der Waals surface area contributed by atoms with Crippen molar-refractivity contribution in [1.29, 1.82) is 0 Å². The molecule has 1 aromatic heterocycles. The molecule has 3 nitrogen and oxygen atoms in total. The molecule has 1 heterocycles. The molecule has 0 aliphatic rings. The minimum Gasteiger partial charge on any atom is -0.466 e. The van der Waals surface area contributed by atoms with Crippen LogP contribution in [0, 0.1) is 13.8 Å². The lowest BCUT2D eigenvalue weighted by Crippen LogP contribution is -2.49. The number of halogens is 1. The van der Waals surface area contributed by atoms with E-state index in [1.165, 1.54) is 0 Å². The van der Waals surface area contributed by atoms with Gasteiger partial charge in [0.25, 0.3) is 5.91 Å². The van der Waals surface area contributed by atoms with Crippen molar-refractivity contribution in [2.45, 2.75) is 45.5 Å². The van der Waals surface area contributed by atoms with Gasteiger partial charge in [-0.3, -0.25) is 4.79 Å². The maximum atomic E-state index is 12.0. The average molecular weight is 244 g/mol. The Kier molecular flexibility index (Phi) is 3.68. The lowest BCUT2D eigenvalue weighted by Gasteiger charge is -2.28. The van der Waals surface area contributed by atoms with E-state index in [1.807, 2.05) is 27.7 Å². The van der Waals surface area contributed by atoms with Crippen molar-refractivity contribution in [2.24, 2.45) is 0 Å². The summed E-state index contributed by atoms with van der Waals surface area (Å²) < 4.78 is 5.32. The topological polar surface area (TPSA) is 42.2 Å². The number of carbonyl (C=O) groups excluding carboxylic acids is 1. The number of hydrogen-bond donors (Lipinski definition) is 1. The van der Waals surface area contributed by atoms with Gasteiger partial charge in [-0.25, -0.2) is 0 Å². The van der Waals surface area contributed by atoms with E-state index in [0.29, 0.717) is 11.3 Å². The highest BCUT2D eigenvalue weighted by molar-refractivity contribution is 6.21. The molecule has 0 radical (unpaired) electrons. The summed E-state index contributed by atoms with van der Waals surface area (Å²) in [5, 5.41) is 2.75. The number of aryl methyl sites for hydroxylation is 2. The van der Waals surface area contributed by atoms with Crippen molar-refractivity contribution < 1.29 is 9.21 Å². The third-order valence-electron chi connectivity index (χ3n) is 2.72. The second-order valence-corrected chi connectivity index (χ2v) is 5.27. The second-order valence-electron chi connectivity index (χ2n) is 4.62. The van der Waals surface area contributed by atoms with Crippen LogP contribution in [0.4, 0.5) is 0 Å². The number of hydrogen-bond acceptors (Lipinski definition) is 2. The maximum absolute atomic E-state index is 12.0. The summed E-state index contributed by atoms with van der Waals surface area (Å²) in [6.07, 6.45) is 0. The quantitative estimate of drug-likeness (QED) is 0.830. The number of carbonyl (C=O) groups is 1. The molecule has 1 unspecified atom stereocenters. The summed E-state index contributed by atoms with van der Waals surface area (Å²) >= 11 is 6.01. The van der Waals surface area contributed by atoms with Crippen molar-refractivity contribution in [3.8, 4) is 0 Å². The minimum absolute atomic E-state index is 0.146. The smallest absolute Gasteiger partial charge is 0.255 e. The summed E-state index contributed by atoms with van der Waals surface area (Å²) in [4.78, 5) is 12.0. The molecular weight excluding hydrogens is 226 g/mol. The highest BCUT2D eigenvalue weighted by Crippen LogP contribution is 2.18. The number of rotatable bonds is 3. The van der Waals surface area contributed by atoms with Gasteiger partial charge in [-0.15, -0.1) is 11.6 Å².